The van der Waals surface area contributed by atoms with E-state index in [4.69, 9.17) is 0 Å². The van der Waals surface area contributed by atoms with E-state index in [0.717, 1.165) is 12.2 Å². The summed E-state index contributed by atoms with van der Waals surface area (Å²) in [6.45, 7) is 5.74. The van der Waals surface area contributed by atoms with Crippen molar-refractivity contribution in [2.75, 3.05) is 0 Å². The summed E-state index contributed by atoms with van der Waals surface area (Å²) in [7, 11) is 0. The standard InChI is InChI=1S/C10H14N2O/c1-7(2)4-10-11-5-9(6-12-10)8(3)13/h5-7H,4H2,1-3H3. The van der Waals surface area contributed by atoms with Gasteiger partial charge in [0, 0.05) is 18.8 Å². The number of aromatic nitrogens is 2. The number of carbonyl (C=O) groups is 1. The van der Waals surface area contributed by atoms with E-state index in [-0.39, 0.29) is 5.78 Å². The first-order valence-electron chi connectivity index (χ1n) is 4.41. The highest BCUT2D eigenvalue weighted by Crippen LogP contribution is 2.03. The number of hydrogen-bond acceptors (Lipinski definition) is 3. The number of ketones is 1. The molecule has 0 aliphatic carbocycles. The molecule has 0 bridgehead atoms. The molecule has 0 fully saturated rings. The second kappa shape index (κ2) is 4.12. The highest BCUT2D eigenvalue weighted by molar-refractivity contribution is 5.93. The Morgan fingerprint density at radius 1 is 1.38 bits per heavy atom. The minimum Gasteiger partial charge on any atom is -0.294 e. The van der Waals surface area contributed by atoms with Gasteiger partial charge in [0.05, 0.1) is 5.56 Å². The van der Waals surface area contributed by atoms with Crippen molar-refractivity contribution in [1.82, 2.24) is 9.97 Å². The molecule has 1 aromatic rings. The molecule has 1 heterocycles. The Bertz CT molecular complexity index is 290. The molecule has 0 saturated carbocycles. The average Bonchev–Trinajstić information content (AvgIpc) is 2.04. The Morgan fingerprint density at radius 3 is 2.31 bits per heavy atom. The van der Waals surface area contributed by atoms with Crippen molar-refractivity contribution in [3.63, 3.8) is 0 Å². The van der Waals surface area contributed by atoms with E-state index < -0.39 is 0 Å². The van der Waals surface area contributed by atoms with Gasteiger partial charge in [-0.3, -0.25) is 4.79 Å². The zero-order valence-electron chi connectivity index (χ0n) is 8.24. The van der Waals surface area contributed by atoms with Crippen LogP contribution in [0.4, 0.5) is 0 Å². The molecule has 3 heteroatoms. The van der Waals surface area contributed by atoms with Crippen LogP contribution in [0.2, 0.25) is 0 Å². The Labute approximate surface area is 78.2 Å². The second-order valence-corrected chi connectivity index (χ2v) is 3.54. The minimum atomic E-state index is 0.0103. The molecule has 0 N–H and O–H groups in total. The van der Waals surface area contributed by atoms with Crippen LogP contribution >= 0.6 is 0 Å². The SMILES string of the molecule is CC(=O)c1cnc(CC(C)C)nc1. The number of rotatable bonds is 3. The maximum atomic E-state index is 10.9. The summed E-state index contributed by atoms with van der Waals surface area (Å²) < 4.78 is 0. The van der Waals surface area contributed by atoms with E-state index in [1.165, 1.54) is 6.92 Å². The molecular formula is C10H14N2O. The lowest BCUT2D eigenvalue weighted by Gasteiger charge is -2.02. The van der Waals surface area contributed by atoms with Gasteiger partial charge in [-0.15, -0.1) is 0 Å². The summed E-state index contributed by atoms with van der Waals surface area (Å²) in [6, 6.07) is 0. The van der Waals surface area contributed by atoms with Gasteiger partial charge >= 0.3 is 0 Å². The number of nitrogens with zero attached hydrogens (tertiary/aromatic N) is 2. The van der Waals surface area contributed by atoms with Crippen molar-refractivity contribution in [2.45, 2.75) is 27.2 Å². The lowest BCUT2D eigenvalue weighted by atomic mass is 10.1. The quantitative estimate of drug-likeness (QED) is 0.664. The van der Waals surface area contributed by atoms with Crippen LogP contribution in [0.3, 0.4) is 0 Å². The Kier molecular flexibility index (Phi) is 3.12. The molecule has 1 rings (SSSR count). The molecule has 0 aliphatic rings. The van der Waals surface area contributed by atoms with Crippen molar-refractivity contribution >= 4 is 5.78 Å². The number of hydrogen-bond donors (Lipinski definition) is 0. The minimum absolute atomic E-state index is 0.0103. The molecule has 3 nitrogen and oxygen atoms in total. The Morgan fingerprint density at radius 2 is 1.92 bits per heavy atom. The van der Waals surface area contributed by atoms with E-state index in [0.29, 0.717) is 11.5 Å². The monoisotopic (exact) mass is 178 g/mol. The lowest BCUT2D eigenvalue weighted by molar-refractivity contribution is 0.101. The molecule has 0 unspecified atom stereocenters. The fourth-order valence-electron chi connectivity index (χ4n) is 1.01. The summed E-state index contributed by atoms with van der Waals surface area (Å²) in [4.78, 5) is 19.1. The Hall–Kier alpha value is -1.25. The van der Waals surface area contributed by atoms with Crippen LogP contribution < -0.4 is 0 Å². The first-order valence-corrected chi connectivity index (χ1v) is 4.41. The van der Waals surface area contributed by atoms with Crippen LogP contribution in [0.25, 0.3) is 0 Å². The fourth-order valence-corrected chi connectivity index (χ4v) is 1.01. The normalized spacial score (nSPS) is 10.5. The van der Waals surface area contributed by atoms with Crippen LogP contribution in [0.5, 0.6) is 0 Å². The van der Waals surface area contributed by atoms with Gasteiger partial charge in [0.15, 0.2) is 5.78 Å². The molecular weight excluding hydrogens is 164 g/mol. The molecule has 0 aromatic carbocycles. The summed E-state index contributed by atoms with van der Waals surface area (Å²) in [5.41, 5.74) is 0.576. The lowest BCUT2D eigenvalue weighted by Crippen LogP contribution is -2.02. The summed E-state index contributed by atoms with van der Waals surface area (Å²) >= 11 is 0. The first-order chi connectivity index (χ1) is 6.09. The van der Waals surface area contributed by atoms with Crippen LogP contribution in [-0.4, -0.2) is 15.8 Å². The highest BCUT2D eigenvalue weighted by Gasteiger charge is 2.03. The van der Waals surface area contributed by atoms with Gasteiger partial charge in [-0.1, -0.05) is 13.8 Å². The molecule has 0 atom stereocenters. The molecule has 0 radical (unpaired) electrons. The molecule has 1 aromatic heterocycles. The van der Waals surface area contributed by atoms with Gasteiger partial charge in [0.1, 0.15) is 5.82 Å². The Balaban J connectivity index is 2.75. The second-order valence-electron chi connectivity index (χ2n) is 3.54. The summed E-state index contributed by atoms with van der Waals surface area (Å²) in [5, 5.41) is 0. The third kappa shape index (κ3) is 2.93. The van der Waals surface area contributed by atoms with Crippen LogP contribution in [0.1, 0.15) is 37.0 Å². The molecule has 0 aliphatic heterocycles. The van der Waals surface area contributed by atoms with E-state index in [9.17, 15) is 4.79 Å². The van der Waals surface area contributed by atoms with Crippen molar-refractivity contribution < 1.29 is 4.79 Å². The zero-order chi connectivity index (χ0) is 9.84. The summed E-state index contributed by atoms with van der Waals surface area (Å²) in [5.74, 6) is 1.36. The predicted octanol–water partition coefficient (Wildman–Crippen LogP) is 1.88. The first kappa shape index (κ1) is 9.84. The van der Waals surface area contributed by atoms with Gasteiger partial charge in [-0.25, -0.2) is 9.97 Å². The van der Waals surface area contributed by atoms with Crippen LogP contribution in [-0.2, 0) is 6.42 Å². The van der Waals surface area contributed by atoms with E-state index in [1.54, 1.807) is 12.4 Å². The van der Waals surface area contributed by atoms with Crippen LogP contribution in [0, 0.1) is 5.92 Å². The highest BCUT2D eigenvalue weighted by atomic mass is 16.1. The van der Waals surface area contributed by atoms with Crippen molar-refractivity contribution in [3.8, 4) is 0 Å². The fraction of sp³-hybridized carbons (Fsp3) is 0.500. The maximum absolute atomic E-state index is 10.9. The van der Waals surface area contributed by atoms with Gasteiger partial charge in [0.25, 0.3) is 0 Å². The van der Waals surface area contributed by atoms with E-state index in [2.05, 4.69) is 23.8 Å². The predicted molar refractivity (Wildman–Crippen MR) is 50.6 cm³/mol. The largest absolute Gasteiger partial charge is 0.294 e. The van der Waals surface area contributed by atoms with Gasteiger partial charge in [-0.05, 0) is 12.8 Å². The van der Waals surface area contributed by atoms with Crippen molar-refractivity contribution in [2.24, 2.45) is 5.92 Å². The maximum Gasteiger partial charge on any atom is 0.162 e. The molecule has 0 amide bonds. The third-order valence-electron chi connectivity index (χ3n) is 1.70. The summed E-state index contributed by atoms with van der Waals surface area (Å²) in [6.07, 6.45) is 4.04. The van der Waals surface area contributed by atoms with Crippen molar-refractivity contribution in [3.05, 3.63) is 23.8 Å². The molecule has 13 heavy (non-hydrogen) atoms. The number of carbonyl (C=O) groups excluding carboxylic acids is 1. The topological polar surface area (TPSA) is 42.9 Å². The van der Waals surface area contributed by atoms with Gasteiger partial charge in [0.2, 0.25) is 0 Å². The van der Waals surface area contributed by atoms with Crippen LogP contribution in [0.15, 0.2) is 12.4 Å². The number of Topliss-reactive ketones (excluding diaryl/α,β-unsaturated/α-hetero) is 1. The zero-order valence-corrected chi connectivity index (χ0v) is 8.24. The van der Waals surface area contributed by atoms with Crippen molar-refractivity contribution in [1.29, 1.82) is 0 Å². The third-order valence-corrected chi connectivity index (χ3v) is 1.70. The molecule has 0 saturated heterocycles. The average molecular weight is 178 g/mol. The van der Waals surface area contributed by atoms with E-state index >= 15 is 0 Å². The van der Waals surface area contributed by atoms with Gasteiger partial charge in [-0.2, -0.15) is 0 Å². The van der Waals surface area contributed by atoms with E-state index in [1.807, 2.05) is 0 Å². The van der Waals surface area contributed by atoms with Gasteiger partial charge < -0.3 is 0 Å². The molecule has 70 valence electrons. The smallest absolute Gasteiger partial charge is 0.162 e. The molecule has 0 spiro atoms.